The van der Waals surface area contributed by atoms with Gasteiger partial charge in [-0.15, -0.1) is 0 Å². The fraction of sp³-hybridized carbons (Fsp3) is 0.136. The highest BCUT2D eigenvalue weighted by molar-refractivity contribution is 9.10. The highest BCUT2D eigenvalue weighted by Gasteiger charge is 2.17. The second-order valence-electron chi connectivity index (χ2n) is 6.84. The second kappa shape index (κ2) is 9.26. The number of hydrogen-bond acceptors (Lipinski definition) is 4. The quantitative estimate of drug-likeness (QED) is 0.337. The van der Waals surface area contributed by atoms with Gasteiger partial charge in [0, 0.05) is 23.3 Å². The lowest BCUT2D eigenvalue weighted by Crippen LogP contribution is -2.15. The summed E-state index contributed by atoms with van der Waals surface area (Å²) < 4.78 is 6.49. The topological polar surface area (TPSA) is 79.9 Å². The number of nitrogens with one attached hydrogen (secondary N) is 2. The van der Waals surface area contributed by atoms with Crippen molar-refractivity contribution in [3.05, 3.63) is 80.3 Å². The first-order chi connectivity index (χ1) is 14.9. The number of anilines is 1. The second-order valence-corrected chi connectivity index (χ2v) is 8.57. The van der Waals surface area contributed by atoms with Gasteiger partial charge in [-0.2, -0.15) is 0 Å². The lowest BCUT2D eigenvalue weighted by molar-refractivity contribution is -0.115. The third-order valence-electron chi connectivity index (χ3n) is 4.71. The summed E-state index contributed by atoms with van der Waals surface area (Å²) in [5.41, 5.74) is 3.65. The minimum Gasteiger partial charge on any atom is -0.494 e. The highest BCUT2D eigenvalue weighted by Crippen LogP contribution is 2.30. The molecule has 0 fully saturated rings. The molecule has 0 aliphatic carbocycles. The van der Waals surface area contributed by atoms with E-state index >= 15 is 0 Å². The molecule has 158 valence electrons. The van der Waals surface area contributed by atoms with Crippen molar-refractivity contribution in [3.8, 4) is 5.75 Å². The number of fused-ring (bicyclic) bond motifs is 1. The Morgan fingerprint density at radius 1 is 1.13 bits per heavy atom. The SMILES string of the molecule is COc1ccc(CC(=O)Nc2c(Cl)cncc2Cl)c2nc(Cc3ccc(Br)cc3)[nH]c12. The predicted molar refractivity (Wildman–Crippen MR) is 126 cm³/mol. The Bertz CT molecular complexity index is 1240. The van der Waals surface area contributed by atoms with Crippen molar-refractivity contribution in [1.82, 2.24) is 15.0 Å². The molecule has 9 heteroatoms. The van der Waals surface area contributed by atoms with Crippen LogP contribution in [0.25, 0.3) is 11.0 Å². The number of halogens is 3. The van der Waals surface area contributed by atoms with Crippen LogP contribution in [0.3, 0.4) is 0 Å². The average Bonchev–Trinajstić information content (AvgIpc) is 3.17. The molecule has 0 unspecified atom stereocenters. The van der Waals surface area contributed by atoms with Crippen LogP contribution in [-0.2, 0) is 17.6 Å². The molecule has 2 aromatic heterocycles. The number of hydrogen-bond donors (Lipinski definition) is 2. The maximum Gasteiger partial charge on any atom is 0.228 e. The number of nitrogens with zero attached hydrogens (tertiary/aromatic N) is 2. The molecule has 0 aliphatic rings. The molecule has 6 nitrogen and oxygen atoms in total. The van der Waals surface area contributed by atoms with Crippen LogP contribution in [0.4, 0.5) is 5.69 Å². The molecule has 31 heavy (non-hydrogen) atoms. The summed E-state index contributed by atoms with van der Waals surface area (Å²) >= 11 is 15.7. The van der Waals surface area contributed by atoms with Gasteiger partial charge in [0.15, 0.2) is 0 Å². The van der Waals surface area contributed by atoms with Crippen molar-refractivity contribution in [2.75, 3.05) is 12.4 Å². The number of aromatic nitrogens is 3. The molecular formula is C22H17BrCl2N4O2. The molecule has 0 spiro atoms. The summed E-state index contributed by atoms with van der Waals surface area (Å²) in [6.07, 6.45) is 3.57. The zero-order chi connectivity index (χ0) is 22.0. The predicted octanol–water partition coefficient (Wildman–Crippen LogP) is 5.81. The zero-order valence-electron chi connectivity index (χ0n) is 16.4. The van der Waals surface area contributed by atoms with Gasteiger partial charge in [0.25, 0.3) is 0 Å². The van der Waals surface area contributed by atoms with E-state index in [0.717, 1.165) is 26.9 Å². The van der Waals surface area contributed by atoms with Gasteiger partial charge >= 0.3 is 0 Å². The van der Waals surface area contributed by atoms with E-state index in [9.17, 15) is 4.79 Å². The number of H-pyrrole nitrogens is 1. The molecule has 4 rings (SSSR count). The molecule has 4 aromatic rings. The first-order valence-corrected chi connectivity index (χ1v) is 10.9. The summed E-state index contributed by atoms with van der Waals surface area (Å²) in [6.45, 7) is 0. The van der Waals surface area contributed by atoms with E-state index in [-0.39, 0.29) is 22.4 Å². The van der Waals surface area contributed by atoms with E-state index in [1.54, 1.807) is 7.11 Å². The van der Waals surface area contributed by atoms with Crippen molar-refractivity contribution >= 4 is 61.8 Å². The Hall–Kier alpha value is -2.61. The van der Waals surface area contributed by atoms with Gasteiger partial charge in [-0.1, -0.05) is 57.3 Å². The number of benzene rings is 2. The Labute approximate surface area is 197 Å². The van der Waals surface area contributed by atoms with Crippen LogP contribution in [0, 0.1) is 0 Å². The van der Waals surface area contributed by atoms with Gasteiger partial charge in [-0.25, -0.2) is 4.98 Å². The molecule has 0 saturated heterocycles. The van der Waals surface area contributed by atoms with Gasteiger partial charge < -0.3 is 15.0 Å². The maximum atomic E-state index is 12.7. The molecule has 2 N–H and O–H groups in total. The van der Waals surface area contributed by atoms with Crippen LogP contribution < -0.4 is 10.1 Å². The van der Waals surface area contributed by atoms with E-state index < -0.39 is 0 Å². The summed E-state index contributed by atoms with van der Waals surface area (Å²) in [4.78, 5) is 24.7. The van der Waals surface area contributed by atoms with E-state index in [2.05, 4.69) is 31.2 Å². The van der Waals surface area contributed by atoms with Gasteiger partial charge in [0.1, 0.15) is 17.1 Å². The molecule has 0 atom stereocenters. The standard InChI is InChI=1S/C22H17BrCl2N4O2/c1-31-17-7-4-13(9-19(30)29-21-15(24)10-26-11-16(21)25)20-22(17)28-18(27-20)8-12-2-5-14(23)6-3-12/h2-7,10-11H,8-9H2,1H3,(H,27,28)(H,26,29,30). The summed E-state index contributed by atoms with van der Waals surface area (Å²) in [7, 11) is 1.60. The molecule has 2 heterocycles. The van der Waals surface area contributed by atoms with Gasteiger partial charge in [-0.05, 0) is 29.3 Å². The minimum atomic E-state index is -0.265. The van der Waals surface area contributed by atoms with E-state index in [0.29, 0.717) is 23.4 Å². The lowest BCUT2D eigenvalue weighted by Gasteiger charge is -2.09. The molecule has 2 aromatic carbocycles. The van der Waals surface area contributed by atoms with Gasteiger partial charge in [0.2, 0.25) is 5.91 Å². The number of imidazole rings is 1. The third-order valence-corrected chi connectivity index (χ3v) is 5.81. The van der Waals surface area contributed by atoms with Crippen LogP contribution in [0.15, 0.2) is 53.3 Å². The van der Waals surface area contributed by atoms with Crippen molar-refractivity contribution < 1.29 is 9.53 Å². The smallest absolute Gasteiger partial charge is 0.228 e. The molecule has 1 amide bonds. The van der Waals surface area contributed by atoms with Crippen LogP contribution in [-0.4, -0.2) is 28.0 Å². The maximum absolute atomic E-state index is 12.7. The fourth-order valence-electron chi connectivity index (χ4n) is 3.25. The number of methoxy groups -OCH3 is 1. The monoisotopic (exact) mass is 518 g/mol. The van der Waals surface area contributed by atoms with Crippen LogP contribution >= 0.6 is 39.1 Å². The number of aromatic amines is 1. The summed E-state index contributed by atoms with van der Waals surface area (Å²) in [5.74, 6) is 1.18. The fourth-order valence-corrected chi connectivity index (χ4v) is 3.97. The lowest BCUT2D eigenvalue weighted by atomic mass is 10.1. The first-order valence-electron chi connectivity index (χ1n) is 9.32. The number of carbonyl (C=O) groups is 1. The first kappa shape index (κ1) is 21.6. The largest absolute Gasteiger partial charge is 0.494 e. The molecule has 0 aliphatic heterocycles. The van der Waals surface area contributed by atoms with Crippen molar-refractivity contribution in [2.24, 2.45) is 0 Å². The third kappa shape index (κ3) is 4.84. The van der Waals surface area contributed by atoms with Crippen LogP contribution in [0.2, 0.25) is 10.0 Å². The van der Waals surface area contributed by atoms with Crippen molar-refractivity contribution in [1.29, 1.82) is 0 Å². The zero-order valence-corrected chi connectivity index (χ0v) is 19.5. The Kier molecular flexibility index (Phi) is 6.46. The van der Waals surface area contributed by atoms with Crippen molar-refractivity contribution in [2.45, 2.75) is 12.8 Å². The van der Waals surface area contributed by atoms with Crippen LogP contribution in [0.1, 0.15) is 17.0 Å². The number of rotatable bonds is 6. The Morgan fingerprint density at radius 2 is 1.84 bits per heavy atom. The van der Waals surface area contributed by atoms with E-state index in [1.807, 2.05) is 36.4 Å². The summed E-state index contributed by atoms with van der Waals surface area (Å²) in [5, 5.41) is 3.31. The Morgan fingerprint density at radius 3 is 2.52 bits per heavy atom. The number of ether oxygens (including phenoxy) is 1. The normalized spacial score (nSPS) is 11.0. The Balaban J connectivity index is 1.62. The molecule has 0 saturated carbocycles. The van der Waals surface area contributed by atoms with Crippen LogP contribution in [0.5, 0.6) is 5.75 Å². The van der Waals surface area contributed by atoms with E-state index in [1.165, 1.54) is 12.4 Å². The van der Waals surface area contributed by atoms with E-state index in [4.69, 9.17) is 32.9 Å². The molecular weight excluding hydrogens is 503 g/mol. The minimum absolute atomic E-state index is 0.0953. The molecule has 0 radical (unpaired) electrons. The highest BCUT2D eigenvalue weighted by atomic mass is 79.9. The number of pyridine rings is 1. The van der Waals surface area contributed by atoms with Gasteiger partial charge in [-0.3, -0.25) is 9.78 Å². The number of carbonyl (C=O) groups excluding carboxylic acids is 1. The molecule has 0 bridgehead atoms. The number of amides is 1. The van der Waals surface area contributed by atoms with Gasteiger partial charge in [0.05, 0.1) is 34.8 Å². The van der Waals surface area contributed by atoms with Crippen molar-refractivity contribution in [3.63, 3.8) is 0 Å². The average molecular weight is 520 g/mol. The summed E-state index contributed by atoms with van der Waals surface area (Å²) in [6, 6.07) is 11.7.